The molecule has 1 heterocycles. The molecule has 1 aliphatic heterocycles. The van der Waals surface area contributed by atoms with Crippen LogP contribution in [-0.2, 0) is 11.0 Å². The highest BCUT2D eigenvalue weighted by Crippen LogP contribution is 2.52. The van der Waals surface area contributed by atoms with E-state index in [0.29, 0.717) is 0 Å². The van der Waals surface area contributed by atoms with Gasteiger partial charge < -0.3 is 10.0 Å². The van der Waals surface area contributed by atoms with Gasteiger partial charge in [-0.1, -0.05) is 91.0 Å². The fourth-order valence-electron chi connectivity index (χ4n) is 4.69. The molecule has 2 nitrogen and oxygen atoms in total. The first-order valence-electron chi connectivity index (χ1n) is 9.74. The van der Waals surface area contributed by atoms with E-state index >= 15 is 0 Å². The zero-order chi connectivity index (χ0) is 18.7. The number of hydrogen-bond donors (Lipinski definition) is 1. The molecule has 1 saturated heterocycles. The summed E-state index contributed by atoms with van der Waals surface area (Å²) < 4.78 is 0. The second-order valence-corrected chi connectivity index (χ2v) is 7.69. The van der Waals surface area contributed by atoms with E-state index in [4.69, 9.17) is 0 Å². The molecule has 3 aromatic carbocycles. The third kappa shape index (κ3) is 3.43. The Labute approximate surface area is 178 Å². The molecule has 4 rings (SSSR count). The lowest BCUT2D eigenvalue weighted by atomic mass is 9.57. The van der Waals surface area contributed by atoms with Gasteiger partial charge in [-0.25, -0.2) is 0 Å². The molecule has 1 fully saturated rings. The van der Waals surface area contributed by atoms with Crippen LogP contribution in [-0.4, -0.2) is 30.1 Å². The Balaban J connectivity index is 0.00000225. The molecular weight excluding hydrogens is 410 g/mol. The minimum atomic E-state index is -1.09. The Morgan fingerprint density at radius 2 is 1.11 bits per heavy atom. The van der Waals surface area contributed by atoms with Crippen LogP contribution < -0.4 is 0 Å². The van der Waals surface area contributed by atoms with Crippen molar-refractivity contribution in [3.8, 4) is 0 Å². The number of piperidine rings is 1. The summed E-state index contributed by atoms with van der Waals surface area (Å²) in [7, 11) is 2.17. The monoisotopic (exact) mass is 437 g/mol. The topological polar surface area (TPSA) is 23.5 Å². The van der Waals surface area contributed by atoms with Crippen molar-refractivity contribution in [2.75, 3.05) is 20.1 Å². The summed E-state index contributed by atoms with van der Waals surface area (Å²) in [5.41, 5.74) is 1.68. The summed E-state index contributed by atoms with van der Waals surface area (Å²) in [6, 6.07) is 31.0. The molecule has 3 heteroatoms. The lowest BCUT2D eigenvalue weighted by Gasteiger charge is -2.52. The van der Waals surface area contributed by atoms with E-state index in [2.05, 4.69) is 66.5 Å². The lowest BCUT2D eigenvalue weighted by Crippen LogP contribution is -2.55. The van der Waals surface area contributed by atoms with Crippen molar-refractivity contribution in [3.63, 3.8) is 0 Å². The Morgan fingerprint density at radius 3 is 1.54 bits per heavy atom. The van der Waals surface area contributed by atoms with Crippen LogP contribution in [0.2, 0.25) is 0 Å². The van der Waals surface area contributed by atoms with Crippen LogP contribution in [0.15, 0.2) is 91.0 Å². The van der Waals surface area contributed by atoms with Gasteiger partial charge in [-0.2, -0.15) is 0 Å². The summed E-state index contributed by atoms with van der Waals surface area (Å²) in [4.78, 5) is 2.36. The predicted octanol–water partition coefficient (Wildman–Crippen LogP) is 5.16. The molecule has 28 heavy (non-hydrogen) atoms. The van der Waals surface area contributed by atoms with Crippen LogP contribution >= 0.6 is 17.0 Å². The minimum Gasteiger partial charge on any atom is -0.379 e. The standard InChI is InChI=1S/C25H27NO.BrH/c1-26-19-17-24(18-20-26,21-11-5-2-6-12-21)25(27,22-13-7-3-8-14-22)23-15-9-4-10-16-23;/h2-16,27H,17-20H2,1H3;1H. The quantitative estimate of drug-likeness (QED) is 0.608. The van der Waals surface area contributed by atoms with E-state index in [0.717, 1.165) is 37.1 Å². The van der Waals surface area contributed by atoms with Crippen LogP contribution in [0, 0.1) is 0 Å². The molecule has 0 radical (unpaired) electrons. The molecule has 0 atom stereocenters. The number of rotatable bonds is 4. The van der Waals surface area contributed by atoms with E-state index in [1.54, 1.807) is 0 Å². The molecule has 0 saturated carbocycles. The summed E-state index contributed by atoms with van der Waals surface area (Å²) in [5, 5.41) is 12.6. The van der Waals surface area contributed by atoms with Gasteiger partial charge in [0.05, 0.1) is 0 Å². The summed E-state index contributed by atoms with van der Waals surface area (Å²) in [6.07, 6.45) is 1.82. The van der Waals surface area contributed by atoms with Crippen LogP contribution in [0.5, 0.6) is 0 Å². The molecule has 1 N–H and O–H groups in total. The van der Waals surface area contributed by atoms with E-state index in [1.165, 1.54) is 5.56 Å². The Kier molecular flexibility index (Phi) is 6.39. The fourth-order valence-corrected chi connectivity index (χ4v) is 4.69. The number of likely N-dealkylation sites (tertiary alicyclic amines) is 1. The molecule has 1 aliphatic rings. The first-order chi connectivity index (χ1) is 13.2. The minimum absolute atomic E-state index is 0. The highest BCUT2D eigenvalue weighted by Gasteiger charge is 2.54. The van der Waals surface area contributed by atoms with Gasteiger partial charge in [-0.15, -0.1) is 17.0 Å². The average molecular weight is 438 g/mol. The van der Waals surface area contributed by atoms with Gasteiger partial charge in [0.2, 0.25) is 0 Å². The van der Waals surface area contributed by atoms with Crippen molar-refractivity contribution < 1.29 is 5.11 Å². The molecule has 0 unspecified atom stereocenters. The number of aliphatic hydroxyl groups is 1. The van der Waals surface area contributed by atoms with Crippen molar-refractivity contribution in [2.45, 2.75) is 23.9 Å². The van der Waals surface area contributed by atoms with E-state index in [1.807, 2.05) is 36.4 Å². The second-order valence-electron chi connectivity index (χ2n) is 7.69. The molecule has 146 valence electrons. The fraction of sp³-hybridized carbons (Fsp3) is 0.280. The van der Waals surface area contributed by atoms with Crippen molar-refractivity contribution >= 4 is 17.0 Å². The summed E-state index contributed by atoms with van der Waals surface area (Å²) in [5.74, 6) is 0. The Bertz CT molecular complexity index is 819. The van der Waals surface area contributed by atoms with Gasteiger partial charge in [0.15, 0.2) is 0 Å². The maximum Gasteiger partial charge on any atom is 0.124 e. The van der Waals surface area contributed by atoms with E-state index in [-0.39, 0.29) is 22.4 Å². The highest BCUT2D eigenvalue weighted by molar-refractivity contribution is 8.93. The molecule has 3 aromatic rings. The Morgan fingerprint density at radius 1 is 0.714 bits per heavy atom. The van der Waals surface area contributed by atoms with Crippen LogP contribution in [0.25, 0.3) is 0 Å². The smallest absolute Gasteiger partial charge is 0.124 e. The zero-order valence-electron chi connectivity index (χ0n) is 16.3. The largest absolute Gasteiger partial charge is 0.379 e. The van der Waals surface area contributed by atoms with Gasteiger partial charge in [-0.3, -0.25) is 0 Å². The summed E-state index contributed by atoms with van der Waals surface area (Å²) in [6.45, 7) is 1.94. The maximum atomic E-state index is 12.6. The first kappa shape index (κ1) is 20.8. The predicted molar refractivity (Wildman–Crippen MR) is 121 cm³/mol. The normalized spacial score (nSPS) is 16.9. The van der Waals surface area contributed by atoms with Crippen molar-refractivity contribution in [3.05, 3.63) is 108 Å². The van der Waals surface area contributed by atoms with Gasteiger partial charge in [0, 0.05) is 5.41 Å². The molecular formula is C25H28BrNO. The lowest BCUT2D eigenvalue weighted by molar-refractivity contribution is -0.0382. The van der Waals surface area contributed by atoms with E-state index < -0.39 is 5.60 Å². The molecule has 0 aliphatic carbocycles. The number of nitrogens with zero attached hydrogens (tertiary/aromatic N) is 1. The van der Waals surface area contributed by atoms with Gasteiger partial charge in [-0.05, 0) is 49.7 Å². The molecule has 0 aromatic heterocycles. The zero-order valence-corrected chi connectivity index (χ0v) is 18.0. The third-order valence-electron chi connectivity index (χ3n) is 6.24. The average Bonchev–Trinajstić information content (AvgIpc) is 2.76. The van der Waals surface area contributed by atoms with Crippen LogP contribution in [0.3, 0.4) is 0 Å². The van der Waals surface area contributed by atoms with Crippen LogP contribution in [0.4, 0.5) is 0 Å². The number of hydrogen-bond acceptors (Lipinski definition) is 2. The number of halogens is 1. The SMILES string of the molecule is Br.CN1CCC(c2ccccc2)(C(O)(c2ccccc2)c2ccccc2)CC1. The number of benzene rings is 3. The second kappa shape index (κ2) is 8.60. The van der Waals surface area contributed by atoms with E-state index in [9.17, 15) is 5.11 Å². The highest BCUT2D eigenvalue weighted by atomic mass is 79.9. The molecule has 0 spiro atoms. The third-order valence-corrected chi connectivity index (χ3v) is 6.24. The van der Waals surface area contributed by atoms with Crippen molar-refractivity contribution in [2.24, 2.45) is 0 Å². The molecule has 0 bridgehead atoms. The first-order valence-corrected chi connectivity index (χ1v) is 9.74. The molecule has 0 amide bonds. The van der Waals surface area contributed by atoms with Gasteiger partial charge >= 0.3 is 0 Å². The van der Waals surface area contributed by atoms with Gasteiger partial charge in [0.1, 0.15) is 5.60 Å². The van der Waals surface area contributed by atoms with Crippen molar-refractivity contribution in [1.29, 1.82) is 0 Å². The maximum absolute atomic E-state index is 12.6. The Hall–Kier alpha value is -1.94. The van der Waals surface area contributed by atoms with Crippen molar-refractivity contribution in [1.82, 2.24) is 4.90 Å². The van der Waals surface area contributed by atoms with Crippen LogP contribution in [0.1, 0.15) is 29.5 Å². The van der Waals surface area contributed by atoms with Gasteiger partial charge in [0.25, 0.3) is 0 Å². The summed E-state index contributed by atoms with van der Waals surface area (Å²) >= 11 is 0.